The van der Waals surface area contributed by atoms with Crippen LogP contribution in [0.25, 0.3) is 11.0 Å². The lowest BCUT2D eigenvalue weighted by Crippen LogP contribution is -2.27. The van der Waals surface area contributed by atoms with Gasteiger partial charge in [0.15, 0.2) is 5.65 Å². The molecule has 1 saturated carbocycles. The van der Waals surface area contributed by atoms with E-state index < -0.39 is 0 Å². The van der Waals surface area contributed by atoms with Crippen molar-refractivity contribution in [2.75, 3.05) is 31.6 Å². The van der Waals surface area contributed by atoms with E-state index in [4.69, 9.17) is 9.72 Å². The van der Waals surface area contributed by atoms with Crippen LogP contribution >= 0.6 is 30.3 Å². The topological polar surface area (TPSA) is 73.0 Å². The maximum atomic E-state index is 5.76. The number of nitrogens with one attached hydrogen (secondary N) is 1. The second-order valence-electron chi connectivity index (χ2n) is 7.74. The van der Waals surface area contributed by atoms with Crippen molar-refractivity contribution in [3.63, 3.8) is 0 Å². The molecule has 1 aliphatic heterocycles. The van der Waals surface area contributed by atoms with Gasteiger partial charge < -0.3 is 15.0 Å². The zero-order valence-corrected chi connectivity index (χ0v) is 19.5. The molecule has 2 unspecified atom stereocenters. The Kier molecular flexibility index (Phi) is 5.33. The summed E-state index contributed by atoms with van der Waals surface area (Å²) in [5.74, 6) is 3.06. The van der Waals surface area contributed by atoms with Crippen LogP contribution in [0.15, 0.2) is 18.5 Å². The SMILES string of the molecule is CCOc1nc(Nc2cnn(CCN3CC4CC4C3)c2C)nc2c1ccn2SI. The van der Waals surface area contributed by atoms with Gasteiger partial charge in [0.05, 0.1) is 36.1 Å². The third-order valence-corrected chi connectivity index (χ3v) is 7.58. The average molecular weight is 525 g/mol. The second-order valence-corrected chi connectivity index (χ2v) is 9.45. The van der Waals surface area contributed by atoms with E-state index in [0.717, 1.165) is 47.3 Å². The summed E-state index contributed by atoms with van der Waals surface area (Å²) in [4.78, 5) is 11.9. The lowest BCUT2D eigenvalue weighted by atomic mass is 10.3. The molecule has 154 valence electrons. The van der Waals surface area contributed by atoms with Crippen molar-refractivity contribution in [1.82, 2.24) is 28.6 Å². The highest BCUT2D eigenvalue weighted by molar-refractivity contribution is 14.2. The molecule has 3 aromatic rings. The van der Waals surface area contributed by atoms with Crippen LogP contribution in [0.5, 0.6) is 5.88 Å². The Morgan fingerprint density at radius 1 is 1.28 bits per heavy atom. The van der Waals surface area contributed by atoms with Gasteiger partial charge in [-0.25, -0.2) is 0 Å². The van der Waals surface area contributed by atoms with E-state index in [2.05, 4.69) is 53.1 Å². The molecule has 2 atom stereocenters. The van der Waals surface area contributed by atoms with Crippen LogP contribution in [0.1, 0.15) is 19.0 Å². The normalized spacial score (nSPS) is 20.9. The first-order valence-electron chi connectivity index (χ1n) is 9.99. The van der Waals surface area contributed by atoms with Gasteiger partial charge in [0.1, 0.15) is 0 Å². The maximum Gasteiger partial charge on any atom is 0.232 e. The number of fused-ring (bicyclic) bond motifs is 2. The molecule has 0 radical (unpaired) electrons. The quantitative estimate of drug-likeness (QED) is 0.448. The Labute approximate surface area is 186 Å². The molecule has 1 aliphatic carbocycles. The van der Waals surface area contributed by atoms with E-state index in [1.165, 1.54) is 19.5 Å². The molecule has 0 amide bonds. The highest BCUT2D eigenvalue weighted by atomic mass is 127. The first-order valence-corrected chi connectivity index (χ1v) is 13.3. The van der Waals surface area contributed by atoms with Crippen LogP contribution in [0.4, 0.5) is 11.6 Å². The van der Waals surface area contributed by atoms with Gasteiger partial charge in [0.25, 0.3) is 0 Å². The number of likely N-dealkylation sites (tertiary alicyclic amines) is 1. The molecule has 4 heterocycles. The third-order valence-electron chi connectivity index (χ3n) is 5.86. The summed E-state index contributed by atoms with van der Waals surface area (Å²) in [6.45, 7) is 9.10. The first kappa shape index (κ1) is 19.4. The number of ether oxygens (including phenoxy) is 1. The largest absolute Gasteiger partial charge is 0.477 e. The smallest absolute Gasteiger partial charge is 0.232 e. The number of piperidine rings is 1. The summed E-state index contributed by atoms with van der Waals surface area (Å²) in [5.41, 5.74) is 2.86. The zero-order valence-electron chi connectivity index (χ0n) is 16.5. The highest BCUT2D eigenvalue weighted by Crippen LogP contribution is 2.44. The number of halogens is 1. The van der Waals surface area contributed by atoms with Gasteiger partial charge in [0.2, 0.25) is 11.8 Å². The minimum atomic E-state index is 0.522. The fourth-order valence-electron chi connectivity index (χ4n) is 4.15. The minimum Gasteiger partial charge on any atom is -0.477 e. The molecular formula is C19H24IN7OS. The van der Waals surface area contributed by atoms with Gasteiger partial charge in [-0.3, -0.25) is 8.65 Å². The summed E-state index contributed by atoms with van der Waals surface area (Å²) >= 11 is 2.24. The molecular weight excluding hydrogens is 501 g/mol. The maximum absolute atomic E-state index is 5.76. The van der Waals surface area contributed by atoms with Crippen LogP contribution in [-0.4, -0.2) is 54.9 Å². The number of hydrogen-bond donors (Lipinski definition) is 1. The molecule has 29 heavy (non-hydrogen) atoms. The van der Waals surface area contributed by atoms with Crippen LogP contribution in [-0.2, 0) is 6.54 Å². The van der Waals surface area contributed by atoms with E-state index in [-0.39, 0.29) is 0 Å². The van der Waals surface area contributed by atoms with Crippen molar-refractivity contribution in [1.29, 1.82) is 0 Å². The molecule has 2 aliphatic rings. The van der Waals surface area contributed by atoms with Crippen LogP contribution in [0.3, 0.4) is 0 Å². The summed E-state index contributed by atoms with van der Waals surface area (Å²) in [7, 11) is 1.57. The summed E-state index contributed by atoms with van der Waals surface area (Å²) in [6, 6.07) is 1.99. The Morgan fingerprint density at radius 3 is 2.86 bits per heavy atom. The number of anilines is 2. The second kappa shape index (κ2) is 7.95. The Balaban J connectivity index is 1.34. The van der Waals surface area contributed by atoms with Gasteiger partial charge in [-0.05, 0) is 38.2 Å². The molecule has 2 fully saturated rings. The number of aromatic nitrogens is 5. The van der Waals surface area contributed by atoms with Crippen molar-refractivity contribution in [2.24, 2.45) is 11.8 Å². The highest BCUT2D eigenvalue weighted by Gasteiger charge is 2.44. The Morgan fingerprint density at radius 2 is 2.10 bits per heavy atom. The molecule has 1 N–H and O–H groups in total. The van der Waals surface area contributed by atoms with Gasteiger partial charge in [-0.2, -0.15) is 15.1 Å². The van der Waals surface area contributed by atoms with Gasteiger partial charge in [-0.1, -0.05) is 0 Å². The number of rotatable bonds is 8. The molecule has 1 saturated heterocycles. The Hall–Kier alpha value is -1.53. The van der Waals surface area contributed by atoms with Crippen molar-refractivity contribution in [3.05, 3.63) is 24.2 Å². The average Bonchev–Trinajstić information content (AvgIpc) is 3.05. The summed E-state index contributed by atoms with van der Waals surface area (Å²) < 4.78 is 9.83. The number of nitrogens with zero attached hydrogens (tertiary/aromatic N) is 6. The molecule has 8 nitrogen and oxygen atoms in total. The third kappa shape index (κ3) is 3.81. The molecule has 5 rings (SSSR count). The fourth-order valence-corrected chi connectivity index (χ4v) is 5.42. The summed E-state index contributed by atoms with van der Waals surface area (Å²) in [6.07, 6.45) is 5.28. The van der Waals surface area contributed by atoms with Gasteiger partial charge >= 0.3 is 0 Å². The lowest BCUT2D eigenvalue weighted by molar-refractivity contribution is 0.285. The molecule has 3 aromatic heterocycles. The molecule has 0 aromatic carbocycles. The molecule has 10 heteroatoms. The zero-order chi connectivity index (χ0) is 20.0. The molecule has 0 bridgehead atoms. The van der Waals surface area contributed by atoms with Crippen molar-refractivity contribution < 1.29 is 4.74 Å². The Bertz CT molecular complexity index is 1030. The fraction of sp³-hybridized carbons (Fsp3) is 0.526. The van der Waals surface area contributed by atoms with E-state index in [0.29, 0.717) is 18.4 Å². The van der Waals surface area contributed by atoms with Crippen molar-refractivity contribution >= 4 is 53.0 Å². The van der Waals surface area contributed by atoms with Gasteiger partial charge in [-0.15, -0.1) is 0 Å². The summed E-state index contributed by atoms with van der Waals surface area (Å²) in [5, 5.41) is 8.84. The van der Waals surface area contributed by atoms with E-state index in [9.17, 15) is 0 Å². The predicted molar refractivity (Wildman–Crippen MR) is 124 cm³/mol. The standard InChI is InChI=1S/C19H24IN7OS/c1-3-28-18-15-4-5-27(29-20)17(15)23-19(24-18)22-16-9-21-26(12(16)2)7-6-25-10-13-8-14(13)11-25/h4-5,9,13-14H,3,6-8,10-11H2,1-2H3,(H,22,23,24). The van der Waals surface area contributed by atoms with Crippen LogP contribution in [0.2, 0.25) is 0 Å². The van der Waals surface area contributed by atoms with Crippen molar-refractivity contribution in [2.45, 2.75) is 26.8 Å². The van der Waals surface area contributed by atoms with E-state index in [1.54, 1.807) is 9.12 Å². The van der Waals surface area contributed by atoms with Crippen LogP contribution < -0.4 is 10.1 Å². The van der Waals surface area contributed by atoms with Crippen molar-refractivity contribution in [3.8, 4) is 5.88 Å². The van der Waals surface area contributed by atoms with Gasteiger partial charge in [0, 0.05) is 56.2 Å². The van der Waals surface area contributed by atoms with Crippen LogP contribution in [0, 0.1) is 18.8 Å². The first-order chi connectivity index (χ1) is 14.2. The lowest BCUT2D eigenvalue weighted by Gasteiger charge is -2.17. The predicted octanol–water partition coefficient (Wildman–Crippen LogP) is 3.88. The monoisotopic (exact) mass is 525 g/mol. The molecule has 0 spiro atoms. The van der Waals surface area contributed by atoms with E-state index in [1.807, 2.05) is 29.4 Å². The van der Waals surface area contributed by atoms with E-state index >= 15 is 0 Å². The minimum absolute atomic E-state index is 0.522. The number of hydrogen-bond acceptors (Lipinski definition) is 7.